The average Bonchev–Trinajstić information content (AvgIpc) is 2.43. The number of methoxy groups -OCH3 is 1. The molecular weight excluding hydrogens is 193 g/mol. The molecule has 14 heavy (non-hydrogen) atoms. The van der Waals surface area contributed by atoms with Crippen LogP contribution in [0.25, 0.3) is 0 Å². The topological polar surface area (TPSA) is 66.8 Å². The van der Waals surface area contributed by atoms with Crippen LogP contribution in [0.5, 0.6) is 0 Å². The van der Waals surface area contributed by atoms with Crippen molar-refractivity contribution in [3.05, 3.63) is 0 Å². The third kappa shape index (κ3) is 1.70. The van der Waals surface area contributed by atoms with Crippen LogP contribution in [-0.2, 0) is 14.3 Å². The Morgan fingerprint density at radius 3 is 2.57 bits per heavy atom. The molecule has 1 aliphatic rings. The number of carbonyl (C=O) groups is 2. The molecule has 1 amide bonds. The summed E-state index contributed by atoms with van der Waals surface area (Å²) in [5, 5.41) is 9.16. The highest BCUT2D eigenvalue weighted by atomic mass is 19.1. The van der Waals surface area contributed by atoms with Crippen LogP contribution in [0.2, 0.25) is 0 Å². The molecule has 80 valence electrons. The summed E-state index contributed by atoms with van der Waals surface area (Å²) < 4.78 is 17.6. The number of likely N-dealkylation sites (tertiary alicyclic amines) is 1. The van der Waals surface area contributed by atoms with Crippen molar-refractivity contribution >= 4 is 11.9 Å². The number of esters is 1. The molecule has 0 radical (unpaired) electrons. The van der Waals surface area contributed by atoms with Crippen LogP contribution in [-0.4, -0.2) is 53.9 Å². The number of aliphatic hydroxyl groups is 1. The summed E-state index contributed by atoms with van der Waals surface area (Å²) in [7, 11) is 1.11. The lowest BCUT2D eigenvalue weighted by molar-refractivity contribution is -0.152. The van der Waals surface area contributed by atoms with Gasteiger partial charge in [0.2, 0.25) is 5.91 Å². The van der Waals surface area contributed by atoms with E-state index < -0.39 is 30.2 Å². The maximum Gasteiger partial charge on any atom is 0.331 e. The molecule has 1 rings (SSSR count). The van der Waals surface area contributed by atoms with Crippen LogP contribution in [0, 0.1) is 0 Å². The summed E-state index contributed by atoms with van der Waals surface area (Å²) in [6.45, 7) is 1.04. The van der Waals surface area contributed by atoms with E-state index in [2.05, 4.69) is 4.74 Å². The number of ether oxygens (including phenoxy) is 1. The summed E-state index contributed by atoms with van der Waals surface area (Å²) in [5.41, 5.74) is 0. The molecule has 3 atom stereocenters. The molecule has 1 heterocycles. The van der Waals surface area contributed by atoms with E-state index in [1.54, 1.807) is 0 Å². The van der Waals surface area contributed by atoms with E-state index in [9.17, 15) is 14.0 Å². The second-order valence-corrected chi connectivity index (χ2v) is 3.15. The Morgan fingerprint density at radius 1 is 1.57 bits per heavy atom. The van der Waals surface area contributed by atoms with Crippen LogP contribution in [0.3, 0.4) is 0 Å². The fourth-order valence-corrected chi connectivity index (χ4v) is 1.50. The predicted molar refractivity (Wildman–Crippen MR) is 44.1 cm³/mol. The number of nitrogens with zero attached hydrogens (tertiary/aromatic N) is 1. The molecule has 1 N–H and O–H groups in total. The van der Waals surface area contributed by atoms with Gasteiger partial charge in [-0.2, -0.15) is 0 Å². The first kappa shape index (κ1) is 10.9. The van der Waals surface area contributed by atoms with Crippen LogP contribution in [0.4, 0.5) is 4.39 Å². The van der Waals surface area contributed by atoms with Crippen LogP contribution in [0.1, 0.15) is 6.92 Å². The Kier molecular flexibility index (Phi) is 3.05. The third-order valence-corrected chi connectivity index (χ3v) is 2.24. The highest BCUT2D eigenvalue weighted by Crippen LogP contribution is 2.22. The fourth-order valence-electron chi connectivity index (χ4n) is 1.50. The van der Waals surface area contributed by atoms with Gasteiger partial charge in [-0.25, -0.2) is 9.18 Å². The molecule has 0 aromatic rings. The Hall–Kier alpha value is -1.17. The summed E-state index contributed by atoms with van der Waals surface area (Å²) >= 11 is 0. The van der Waals surface area contributed by atoms with E-state index in [0.717, 1.165) is 12.0 Å². The van der Waals surface area contributed by atoms with Crippen molar-refractivity contribution in [1.29, 1.82) is 0 Å². The van der Waals surface area contributed by atoms with Crippen LogP contribution in [0.15, 0.2) is 0 Å². The first-order chi connectivity index (χ1) is 6.49. The molecule has 0 aliphatic carbocycles. The van der Waals surface area contributed by atoms with E-state index in [-0.39, 0.29) is 6.54 Å². The molecule has 0 spiro atoms. The van der Waals surface area contributed by atoms with Crippen molar-refractivity contribution in [2.24, 2.45) is 0 Å². The molecule has 1 fully saturated rings. The maximum atomic E-state index is 13.3. The lowest BCUT2D eigenvalue weighted by atomic mass is 10.1. The van der Waals surface area contributed by atoms with Gasteiger partial charge in [0.25, 0.3) is 0 Å². The normalized spacial score (nSPS) is 31.7. The van der Waals surface area contributed by atoms with Crippen molar-refractivity contribution in [3.63, 3.8) is 0 Å². The number of amides is 1. The van der Waals surface area contributed by atoms with E-state index in [1.807, 2.05) is 0 Å². The minimum atomic E-state index is -1.77. The second-order valence-electron chi connectivity index (χ2n) is 3.15. The summed E-state index contributed by atoms with van der Waals surface area (Å²) in [5.74, 6) is -1.30. The zero-order valence-electron chi connectivity index (χ0n) is 7.94. The monoisotopic (exact) mass is 205 g/mol. The number of alkyl halides is 1. The Labute approximate surface area is 80.4 Å². The molecule has 0 unspecified atom stereocenters. The van der Waals surface area contributed by atoms with Crippen molar-refractivity contribution < 1.29 is 23.8 Å². The lowest BCUT2D eigenvalue weighted by Gasteiger charge is -2.20. The molecule has 0 aromatic carbocycles. The SMILES string of the molecule is COC(=O)[C@@H]1[C@H](F)[C@H](O)CN1C(C)=O. The van der Waals surface area contributed by atoms with E-state index in [0.29, 0.717) is 0 Å². The quantitative estimate of drug-likeness (QED) is 0.563. The first-order valence-electron chi connectivity index (χ1n) is 4.16. The minimum absolute atomic E-state index is 0.170. The van der Waals surface area contributed by atoms with Gasteiger partial charge in [-0.15, -0.1) is 0 Å². The number of halogens is 1. The molecule has 0 aromatic heterocycles. The molecular formula is C8H12FNO4. The molecule has 6 heteroatoms. The van der Waals surface area contributed by atoms with Crippen LogP contribution >= 0.6 is 0 Å². The highest BCUT2D eigenvalue weighted by Gasteiger charge is 2.47. The lowest BCUT2D eigenvalue weighted by Crippen LogP contribution is -2.43. The van der Waals surface area contributed by atoms with Crippen molar-refractivity contribution in [1.82, 2.24) is 4.90 Å². The smallest absolute Gasteiger partial charge is 0.331 e. The zero-order chi connectivity index (χ0) is 10.9. The predicted octanol–water partition coefficient (Wildman–Crippen LogP) is -0.911. The van der Waals surface area contributed by atoms with Gasteiger partial charge in [-0.05, 0) is 0 Å². The summed E-state index contributed by atoms with van der Waals surface area (Å²) in [4.78, 5) is 23.1. The van der Waals surface area contributed by atoms with Crippen molar-refractivity contribution in [2.45, 2.75) is 25.2 Å². The van der Waals surface area contributed by atoms with E-state index in [4.69, 9.17) is 5.11 Å². The van der Waals surface area contributed by atoms with E-state index in [1.165, 1.54) is 6.92 Å². The Morgan fingerprint density at radius 2 is 2.14 bits per heavy atom. The van der Waals surface area contributed by atoms with Gasteiger partial charge in [-0.3, -0.25) is 4.79 Å². The molecule has 1 aliphatic heterocycles. The van der Waals surface area contributed by atoms with Gasteiger partial charge < -0.3 is 14.7 Å². The number of rotatable bonds is 1. The maximum absolute atomic E-state index is 13.3. The largest absolute Gasteiger partial charge is 0.467 e. The van der Waals surface area contributed by atoms with Gasteiger partial charge in [0.1, 0.15) is 6.10 Å². The minimum Gasteiger partial charge on any atom is -0.467 e. The number of β-amino-alcohol motifs (C(OH)–C–C–N with tert-alkyl or cyclic N) is 1. The standard InChI is InChI=1S/C8H12FNO4/c1-4(11)10-3-5(12)6(9)7(10)8(13)14-2/h5-7,12H,3H2,1-2H3/t5-,6-,7+/m1/s1. The van der Waals surface area contributed by atoms with Crippen molar-refractivity contribution in [2.75, 3.05) is 13.7 Å². The molecule has 1 saturated heterocycles. The third-order valence-electron chi connectivity index (χ3n) is 2.24. The van der Waals surface area contributed by atoms with Crippen LogP contribution < -0.4 is 0 Å². The van der Waals surface area contributed by atoms with Gasteiger partial charge in [0.15, 0.2) is 12.2 Å². The molecule has 5 nitrogen and oxygen atoms in total. The first-order valence-corrected chi connectivity index (χ1v) is 4.16. The molecule has 0 bridgehead atoms. The second kappa shape index (κ2) is 3.91. The Bertz CT molecular complexity index is 258. The van der Waals surface area contributed by atoms with Gasteiger partial charge in [0.05, 0.1) is 13.7 Å². The number of hydrogen-bond acceptors (Lipinski definition) is 4. The number of aliphatic hydroxyl groups excluding tert-OH is 1. The van der Waals surface area contributed by atoms with Gasteiger partial charge >= 0.3 is 5.97 Å². The van der Waals surface area contributed by atoms with Gasteiger partial charge in [-0.1, -0.05) is 0 Å². The van der Waals surface area contributed by atoms with Gasteiger partial charge in [0, 0.05) is 6.92 Å². The van der Waals surface area contributed by atoms with E-state index >= 15 is 0 Å². The number of hydrogen-bond donors (Lipinski definition) is 1. The average molecular weight is 205 g/mol. The Balaban J connectivity index is 2.86. The highest BCUT2D eigenvalue weighted by molar-refractivity contribution is 5.84. The fraction of sp³-hybridized carbons (Fsp3) is 0.750. The zero-order valence-corrected chi connectivity index (χ0v) is 7.94. The summed E-state index contributed by atoms with van der Waals surface area (Å²) in [6, 6.07) is -1.31. The summed E-state index contributed by atoms with van der Waals surface area (Å²) in [6.07, 6.45) is -3.09. The van der Waals surface area contributed by atoms with Crippen molar-refractivity contribution in [3.8, 4) is 0 Å². The number of carbonyl (C=O) groups excluding carboxylic acids is 2. The molecule has 0 saturated carbocycles.